The first-order valence-corrected chi connectivity index (χ1v) is 6.42. The molecule has 0 saturated carbocycles. The molecule has 1 saturated heterocycles. The van der Waals surface area contributed by atoms with Crippen molar-refractivity contribution in [3.63, 3.8) is 0 Å². The van der Waals surface area contributed by atoms with Crippen molar-refractivity contribution in [3.8, 4) is 0 Å². The molecule has 2 atom stereocenters. The van der Waals surface area contributed by atoms with Gasteiger partial charge in [0.25, 0.3) is 0 Å². The van der Waals surface area contributed by atoms with Crippen LogP contribution in [0.3, 0.4) is 0 Å². The van der Waals surface area contributed by atoms with Gasteiger partial charge in [-0.15, -0.1) is 12.4 Å². The fourth-order valence-electron chi connectivity index (χ4n) is 2.08. The molecule has 0 aliphatic carbocycles. The Hall–Kier alpha value is -0.810. The van der Waals surface area contributed by atoms with Crippen LogP contribution < -0.4 is 11.1 Å². The minimum Gasteiger partial charge on any atom is -0.350 e. The number of carbonyl (C=O) groups is 2. The molecule has 106 valence electrons. The summed E-state index contributed by atoms with van der Waals surface area (Å²) in [6, 6.07) is -0.350. The van der Waals surface area contributed by atoms with Crippen molar-refractivity contribution in [1.82, 2.24) is 10.2 Å². The number of nitrogens with two attached hydrogens (primary N) is 1. The van der Waals surface area contributed by atoms with Crippen LogP contribution in [0.2, 0.25) is 0 Å². The minimum absolute atomic E-state index is 0. The molecule has 3 N–H and O–H groups in total. The van der Waals surface area contributed by atoms with Crippen LogP contribution >= 0.6 is 12.4 Å². The van der Waals surface area contributed by atoms with Gasteiger partial charge in [-0.05, 0) is 12.8 Å². The van der Waals surface area contributed by atoms with Crippen LogP contribution in [0.1, 0.15) is 39.5 Å². The predicted octanol–water partition coefficient (Wildman–Crippen LogP) is 0.663. The summed E-state index contributed by atoms with van der Waals surface area (Å²) < 4.78 is 0. The maximum atomic E-state index is 11.7. The summed E-state index contributed by atoms with van der Waals surface area (Å²) in [6.07, 6.45) is 2.96. The van der Waals surface area contributed by atoms with Crippen LogP contribution in [0.4, 0.5) is 0 Å². The highest BCUT2D eigenvalue weighted by Crippen LogP contribution is 2.10. The van der Waals surface area contributed by atoms with E-state index in [9.17, 15) is 9.59 Å². The Morgan fingerprint density at radius 1 is 1.44 bits per heavy atom. The Kier molecular flexibility index (Phi) is 7.95. The maximum Gasteiger partial charge on any atom is 0.237 e. The predicted molar refractivity (Wildman–Crippen MR) is 73.6 cm³/mol. The fraction of sp³-hybridized carbons (Fsp3) is 0.833. The van der Waals surface area contributed by atoms with Crippen molar-refractivity contribution in [2.75, 3.05) is 13.1 Å². The Morgan fingerprint density at radius 3 is 2.67 bits per heavy atom. The van der Waals surface area contributed by atoms with Gasteiger partial charge in [0.2, 0.25) is 11.8 Å². The molecule has 0 spiro atoms. The molecule has 1 heterocycles. The van der Waals surface area contributed by atoms with Crippen LogP contribution in [0.5, 0.6) is 0 Å². The van der Waals surface area contributed by atoms with Crippen LogP contribution in [-0.2, 0) is 9.59 Å². The Labute approximate surface area is 115 Å². The average molecular weight is 278 g/mol. The van der Waals surface area contributed by atoms with E-state index >= 15 is 0 Å². The van der Waals surface area contributed by atoms with Gasteiger partial charge >= 0.3 is 0 Å². The summed E-state index contributed by atoms with van der Waals surface area (Å²) in [7, 11) is 0. The zero-order valence-electron chi connectivity index (χ0n) is 11.1. The van der Waals surface area contributed by atoms with E-state index in [1.54, 1.807) is 4.90 Å². The summed E-state index contributed by atoms with van der Waals surface area (Å²) >= 11 is 0. The second-order valence-corrected chi connectivity index (χ2v) is 4.58. The van der Waals surface area contributed by atoms with Gasteiger partial charge in [-0.3, -0.25) is 9.59 Å². The first-order chi connectivity index (χ1) is 8.08. The summed E-state index contributed by atoms with van der Waals surface area (Å²) in [5.41, 5.74) is 5.73. The standard InChI is InChI=1S/C12H23N3O2.ClH/c1-3-5-10(13)12(17)14-9-6-7-15(8-9)11(16)4-2;/h9-10H,3-8,13H2,1-2H3,(H,14,17);1H. The third-order valence-electron chi connectivity index (χ3n) is 3.13. The molecule has 1 aliphatic rings. The number of nitrogens with one attached hydrogen (secondary N) is 1. The number of halogens is 1. The molecule has 0 aromatic carbocycles. The van der Waals surface area contributed by atoms with Crippen LogP contribution in [0.25, 0.3) is 0 Å². The van der Waals surface area contributed by atoms with E-state index in [2.05, 4.69) is 5.32 Å². The molecule has 2 unspecified atom stereocenters. The number of amides is 2. The number of rotatable bonds is 5. The molecule has 1 rings (SSSR count). The third kappa shape index (κ3) is 4.82. The molecule has 6 heteroatoms. The third-order valence-corrected chi connectivity index (χ3v) is 3.13. The maximum absolute atomic E-state index is 11.7. The molecule has 18 heavy (non-hydrogen) atoms. The molecule has 2 amide bonds. The van der Waals surface area contributed by atoms with Crippen molar-refractivity contribution in [3.05, 3.63) is 0 Å². The van der Waals surface area contributed by atoms with Crippen molar-refractivity contribution >= 4 is 24.2 Å². The molecule has 0 radical (unpaired) electrons. The highest BCUT2D eigenvalue weighted by Gasteiger charge is 2.27. The lowest BCUT2D eigenvalue weighted by Crippen LogP contribution is -2.46. The molecular formula is C12H24ClN3O2. The zero-order chi connectivity index (χ0) is 12.8. The highest BCUT2D eigenvalue weighted by atomic mass is 35.5. The molecule has 1 fully saturated rings. The van der Waals surface area contributed by atoms with Crippen LogP contribution in [0.15, 0.2) is 0 Å². The topological polar surface area (TPSA) is 75.4 Å². The second kappa shape index (κ2) is 8.32. The molecule has 0 aromatic rings. The summed E-state index contributed by atoms with van der Waals surface area (Å²) in [6.45, 7) is 5.22. The summed E-state index contributed by atoms with van der Waals surface area (Å²) in [5, 5.41) is 2.91. The molecule has 5 nitrogen and oxygen atoms in total. The lowest BCUT2D eigenvalue weighted by molar-refractivity contribution is -0.130. The van der Waals surface area contributed by atoms with Gasteiger partial charge in [-0.1, -0.05) is 20.3 Å². The summed E-state index contributed by atoms with van der Waals surface area (Å²) in [4.78, 5) is 25.0. The quantitative estimate of drug-likeness (QED) is 0.775. The number of hydrogen-bond donors (Lipinski definition) is 2. The zero-order valence-corrected chi connectivity index (χ0v) is 12.0. The normalized spacial score (nSPS) is 20.2. The summed E-state index contributed by atoms with van der Waals surface area (Å²) in [5.74, 6) is 0.0576. The average Bonchev–Trinajstić information content (AvgIpc) is 2.76. The molecule has 0 bridgehead atoms. The van der Waals surface area contributed by atoms with Gasteiger partial charge in [-0.25, -0.2) is 0 Å². The number of carbonyl (C=O) groups excluding carboxylic acids is 2. The molecule has 0 aromatic heterocycles. The van der Waals surface area contributed by atoms with Gasteiger partial charge in [0, 0.05) is 25.6 Å². The lowest BCUT2D eigenvalue weighted by atomic mass is 10.1. The van der Waals surface area contributed by atoms with Gasteiger partial charge in [-0.2, -0.15) is 0 Å². The van der Waals surface area contributed by atoms with Crippen LogP contribution in [-0.4, -0.2) is 41.9 Å². The Balaban J connectivity index is 0.00000289. The monoisotopic (exact) mass is 277 g/mol. The number of nitrogens with zero attached hydrogens (tertiary/aromatic N) is 1. The van der Waals surface area contributed by atoms with E-state index in [1.165, 1.54) is 0 Å². The first kappa shape index (κ1) is 17.2. The fourth-order valence-corrected chi connectivity index (χ4v) is 2.08. The highest BCUT2D eigenvalue weighted by molar-refractivity contribution is 5.85. The SMILES string of the molecule is CCCC(N)C(=O)NC1CCN(C(=O)CC)C1.Cl. The van der Waals surface area contributed by atoms with Gasteiger partial charge in [0.15, 0.2) is 0 Å². The van der Waals surface area contributed by atoms with Gasteiger partial charge < -0.3 is 16.0 Å². The Morgan fingerprint density at radius 2 is 2.11 bits per heavy atom. The molecular weight excluding hydrogens is 254 g/mol. The second-order valence-electron chi connectivity index (χ2n) is 4.58. The smallest absolute Gasteiger partial charge is 0.237 e. The van der Waals surface area contributed by atoms with Crippen molar-refractivity contribution in [2.24, 2.45) is 5.73 Å². The minimum atomic E-state index is -0.420. The van der Waals surface area contributed by atoms with E-state index in [1.807, 2.05) is 13.8 Å². The molecule has 1 aliphatic heterocycles. The van der Waals surface area contributed by atoms with E-state index in [4.69, 9.17) is 5.73 Å². The van der Waals surface area contributed by atoms with Crippen LogP contribution in [0, 0.1) is 0 Å². The number of likely N-dealkylation sites (tertiary alicyclic amines) is 1. The van der Waals surface area contributed by atoms with E-state index in [-0.39, 0.29) is 30.3 Å². The van der Waals surface area contributed by atoms with Crippen molar-refractivity contribution in [1.29, 1.82) is 0 Å². The van der Waals surface area contributed by atoms with E-state index < -0.39 is 6.04 Å². The van der Waals surface area contributed by atoms with E-state index in [0.29, 0.717) is 19.4 Å². The lowest BCUT2D eigenvalue weighted by Gasteiger charge is -2.18. The van der Waals surface area contributed by atoms with Crippen molar-refractivity contribution in [2.45, 2.75) is 51.6 Å². The Bertz CT molecular complexity index is 286. The number of hydrogen-bond acceptors (Lipinski definition) is 3. The van der Waals surface area contributed by atoms with E-state index in [0.717, 1.165) is 19.4 Å². The van der Waals surface area contributed by atoms with Gasteiger partial charge in [0.1, 0.15) is 0 Å². The van der Waals surface area contributed by atoms with Crippen molar-refractivity contribution < 1.29 is 9.59 Å². The first-order valence-electron chi connectivity index (χ1n) is 6.42. The van der Waals surface area contributed by atoms with Gasteiger partial charge in [0.05, 0.1) is 6.04 Å². The largest absolute Gasteiger partial charge is 0.350 e.